The van der Waals surface area contributed by atoms with Crippen LogP contribution in [0.5, 0.6) is 11.5 Å². The van der Waals surface area contributed by atoms with Crippen molar-refractivity contribution >= 4 is 11.6 Å². The van der Waals surface area contributed by atoms with Crippen LogP contribution in [-0.4, -0.2) is 39.8 Å². The molecular formula is C18H28N2O3. The van der Waals surface area contributed by atoms with Crippen LogP contribution < -0.4 is 19.7 Å². The summed E-state index contributed by atoms with van der Waals surface area (Å²) < 4.78 is 10.6. The van der Waals surface area contributed by atoms with E-state index in [0.29, 0.717) is 30.4 Å². The highest BCUT2D eigenvalue weighted by Crippen LogP contribution is 2.32. The first-order chi connectivity index (χ1) is 11.2. The summed E-state index contributed by atoms with van der Waals surface area (Å²) in [5.41, 5.74) is 0.862. The zero-order valence-electron chi connectivity index (χ0n) is 14.4. The van der Waals surface area contributed by atoms with Crippen LogP contribution in [0, 0.1) is 5.92 Å². The van der Waals surface area contributed by atoms with Gasteiger partial charge in [-0.15, -0.1) is 0 Å². The third kappa shape index (κ3) is 4.61. The topological polar surface area (TPSA) is 50.8 Å². The van der Waals surface area contributed by atoms with E-state index in [9.17, 15) is 4.79 Å². The number of benzene rings is 1. The summed E-state index contributed by atoms with van der Waals surface area (Å²) in [5.74, 6) is 2.17. The van der Waals surface area contributed by atoms with Gasteiger partial charge in [0.1, 0.15) is 0 Å². The number of hydrogen-bond acceptors (Lipinski definition) is 4. The normalized spacial score (nSPS) is 15.3. The van der Waals surface area contributed by atoms with Crippen LogP contribution >= 0.6 is 0 Å². The Bertz CT molecular complexity index is 513. The van der Waals surface area contributed by atoms with Gasteiger partial charge in [-0.2, -0.15) is 0 Å². The van der Waals surface area contributed by atoms with Gasteiger partial charge in [-0.05, 0) is 57.3 Å². The summed E-state index contributed by atoms with van der Waals surface area (Å²) in [7, 11) is 3.22. The van der Waals surface area contributed by atoms with Crippen molar-refractivity contribution < 1.29 is 14.3 Å². The maximum atomic E-state index is 12.6. The van der Waals surface area contributed by atoms with Gasteiger partial charge >= 0.3 is 0 Å². The fraction of sp³-hybridized carbons (Fsp3) is 0.611. The molecule has 0 bridgehead atoms. The Morgan fingerprint density at radius 2 is 1.91 bits per heavy atom. The molecule has 128 valence electrons. The number of methoxy groups -OCH3 is 2. The zero-order valence-corrected chi connectivity index (χ0v) is 14.4. The summed E-state index contributed by atoms with van der Waals surface area (Å²) in [6.07, 6.45) is 3.93. The van der Waals surface area contributed by atoms with Gasteiger partial charge in [-0.1, -0.05) is 0 Å². The van der Waals surface area contributed by atoms with E-state index < -0.39 is 0 Å². The highest BCUT2D eigenvalue weighted by Gasteiger charge is 2.19. The Balaban J connectivity index is 2.01. The quantitative estimate of drug-likeness (QED) is 0.839. The third-order valence-electron chi connectivity index (χ3n) is 4.52. The van der Waals surface area contributed by atoms with E-state index >= 15 is 0 Å². The van der Waals surface area contributed by atoms with Gasteiger partial charge in [0.15, 0.2) is 11.5 Å². The van der Waals surface area contributed by atoms with Crippen molar-refractivity contribution in [3.05, 3.63) is 18.2 Å². The van der Waals surface area contributed by atoms with Crippen molar-refractivity contribution in [2.75, 3.05) is 38.8 Å². The van der Waals surface area contributed by atoms with Crippen LogP contribution in [0.1, 0.15) is 32.6 Å². The number of ether oxygens (including phenoxy) is 2. The van der Waals surface area contributed by atoms with Crippen molar-refractivity contribution in [1.29, 1.82) is 0 Å². The maximum absolute atomic E-state index is 12.6. The lowest BCUT2D eigenvalue weighted by Gasteiger charge is -2.25. The maximum Gasteiger partial charge on any atom is 0.226 e. The van der Waals surface area contributed by atoms with Crippen molar-refractivity contribution in [3.8, 4) is 11.5 Å². The summed E-state index contributed by atoms with van der Waals surface area (Å²) in [6, 6.07) is 5.62. The van der Waals surface area contributed by atoms with Crippen molar-refractivity contribution in [2.45, 2.75) is 32.6 Å². The van der Waals surface area contributed by atoms with Crippen molar-refractivity contribution in [3.63, 3.8) is 0 Å². The average molecular weight is 320 g/mol. The second-order valence-electron chi connectivity index (χ2n) is 5.91. The number of amides is 1. The van der Waals surface area contributed by atoms with Gasteiger partial charge < -0.3 is 19.7 Å². The summed E-state index contributed by atoms with van der Waals surface area (Å²) >= 11 is 0. The molecule has 1 saturated heterocycles. The monoisotopic (exact) mass is 320 g/mol. The van der Waals surface area contributed by atoms with Crippen molar-refractivity contribution in [1.82, 2.24) is 5.32 Å². The van der Waals surface area contributed by atoms with E-state index in [4.69, 9.17) is 9.47 Å². The molecule has 0 aromatic heterocycles. The molecule has 5 heteroatoms. The van der Waals surface area contributed by atoms with Crippen LogP contribution in [0.2, 0.25) is 0 Å². The zero-order chi connectivity index (χ0) is 16.7. The Labute approximate surface area is 139 Å². The van der Waals surface area contributed by atoms with Crippen LogP contribution in [-0.2, 0) is 4.79 Å². The van der Waals surface area contributed by atoms with Crippen LogP contribution in [0.3, 0.4) is 0 Å². The minimum atomic E-state index is 0.179. The van der Waals surface area contributed by atoms with Crippen LogP contribution in [0.25, 0.3) is 0 Å². The van der Waals surface area contributed by atoms with Gasteiger partial charge in [-0.25, -0.2) is 0 Å². The molecule has 0 unspecified atom stereocenters. The number of rotatable bonds is 7. The second-order valence-corrected chi connectivity index (χ2v) is 5.91. The number of nitrogens with zero attached hydrogens (tertiary/aromatic N) is 1. The number of carbonyl (C=O) groups excluding carboxylic acids is 1. The minimum Gasteiger partial charge on any atom is -0.493 e. The second kappa shape index (κ2) is 8.77. The molecule has 1 fully saturated rings. The van der Waals surface area contributed by atoms with E-state index in [0.717, 1.165) is 25.2 Å². The lowest BCUT2D eigenvalue weighted by molar-refractivity contribution is -0.118. The Morgan fingerprint density at radius 3 is 2.52 bits per heavy atom. The molecule has 23 heavy (non-hydrogen) atoms. The van der Waals surface area contributed by atoms with Crippen molar-refractivity contribution in [2.24, 2.45) is 5.92 Å². The predicted molar refractivity (Wildman–Crippen MR) is 92.4 cm³/mol. The number of anilines is 1. The summed E-state index contributed by atoms with van der Waals surface area (Å²) in [6.45, 7) is 4.80. The fourth-order valence-corrected chi connectivity index (χ4v) is 3.13. The molecule has 1 aliphatic heterocycles. The molecule has 0 saturated carbocycles. The lowest BCUT2D eigenvalue weighted by Crippen LogP contribution is -2.32. The van der Waals surface area contributed by atoms with E-state index in [2.05, 4.69) is 5.32 Å². The SMILES string of the molecule is CCN(C(=O)CCC1CCNCC1)c1ccc(OC)c(OC)c1. The number of piperidine rings is 1. The van der Waals surface area contributed by atoms with E-state index in [1.54, 1.807) is 14.2 Å². The first kappa shape index (κ1) is 17.6. The molecule has 0 radical (unpaired) electrons. The number of hydrogen-bond donors (Lipinski definition) is 1. The highest BCUT2D eigenvalue weighted by atomic mass is 16.5. The number of carbonyl (C=O) groups is 1. The Kier molecular flexibility index (Phi) is 6.71. The largest absolute Gasteiger partial charge is 0.493 e. The minimum absolute atomic E-state index is 0.179. The molecule has 1 amide bonds. The molecule has 2 rings (SSSR count). The highest BCUT2D eigenvalue weighted by molar-refractivity contribution is 5.93. The Hall–Kier alpha value is -1.75. The smallest absolute Gasteiger partial charge is 0.226 e. The van der Waals surface area contributed by atoms with E-state index in [1.807, 2.05) is 30.0 Å². The molecule has 0 aliphatic carbocycles. The van der Waals surface area contributed by atoms with Crippen LogP contribution in [0.4, 0.5) is 5.69 Å². The molecule has 1 aromatic rings. The van der Waals surface area contributed by atoms with Crippen LogP contribution in [0.15, 0.2) is 18.2 Å². The molecule has 1 heterocycles. The Morgan fingerprint density at radius 1 is 1.22 bits per heavy atom. The molecule has 1 aliphatic rings. The molecule has 5 nitrogen and oxygen atoms in total. The summed E-state index contributed by atoms with van der Waals surface area (Å²) in [5, 5.41) is 3.36. The van der Waals surface area contributed by atoms with Gasteiger partial charge in [-0.3, -0.25) is 4.79 Å². The van der Waals surface area contributed by atoms with Gasteiger partial charge in [0.05, 0.1) is 14.2 Å². The predicted octanol–water partition coefficient (Wildman–Crippen LogP) is 2.84. The standard InChI is InChI=1S/C18H28N2O3/c1-4-20(15-6-7-16(22-2)17(13-15)23-3)18(21)8-5-14-9-11-19-12-10-14/h6-7,13-14,19H,4-5,8-12H2,1-3H3. The first-order valence-electron chi connectivity index (χ1n) is 8.42. The molecule has 0 spiro atoms. The average Bonchev–Trinajstić information content (AvgIpc) is 2.61. The van der Waals surface area contributed by atoms with Gasteiger partial charge in [0.2, 0.25) is 5.91 Å². The van der Waals surface area contributed by atoms with E-state index in [1.165, 1.54) is 12.8 Å². The van der Waals surface area contributed by atoms with Gasteiger partial charge in [0.25, 0.3) is 0 Å². The molecule has 1 aromatic carbocycles. The molecule has 1 N–H and O–H groups in total. The number of nitrogens with one attached hydrogen (secondary N) is 1. The first-order valence-corrected chi connectivity index (χ1v) is 8.42. The molecule has 0 atom stereocenters. The lowest BCUT2D eigenvalue weighted by atomic mass is 9.93. The molecular weight excluding hydrogens is 292 g/mol. The fourth-order valence-electron chi connectivity index (χ4n) is 3.13. The summed E-state index contributed by atoms with van der Waals surface area (Å²) in [4.78, 5) is 14.4. The van der Waals surface area contributed by atoms with E-state index in [-0.39, 0.29) is 5.91 Å². The third-order valence-corrected chi connectivity index (χ3v) is 4.52. The van der Waals surface area contributed by atoms with Gasteiger partial charge in [0, 0.05) is 24.7 Å².